The van der Waals surface area contributed by atoms with Gasteiger partial charge in [-0.2, -0.15) is 0 Å². The van der Waals surface area contributed by atoms with E-state index in [0.29, 0.717) is 11.5 Å². The monoisotopic (exact) mass is 311 g/mol. The van der Waals surface area contributed by atoms with Gasteiger partial charge in [-0.25, -0.2) is 13.1 Å². The van der Waals surface area contributed by atoms with Crippen molar-refractivity contribution in [2.24, 2.45) is 11.8 Å². The number of hydrogen-bond acceptors (Lipinski definition) is 3. The first-order valence-corrected chi connectivity index (χ1v) is 8.73. The summed E-state index contributed by atoms with van der Waals surface area (Å²) in [6, 6.07) is 5.18. The van der Waals surface area contributed by atoms with Crippen LogP contribution in [-0.4, -0.2) is 14.3 Å². The fourth-order valence-corrected chi connectivity index (χ4v) is 3.77. The zero-order chi connectivity index (χ0) is 16.2. The van der Waals surface area contributed by atoms with Crippen LogP contribution in [0.15, 0.2) is 23.1 Å². The first-order chi connectivity index (χ1) is 9.61. The molecule has 0 aliphatic carbocycles. The van der Waals surface area contributed by atoms with Gasteiger partial charge in [-0.15, -0.1) is 0 Å². The summed E-state index contributed by atoms with van der Waals surface area (Å²) in [4.78, 5) is 12.1. The predicted molar refractivity (Wildman–Crippen MR) is 84.5 cm³/mol. The maximum Gasteiger partial charge on any atom is 0.264 e. The lowest BCUT2D eigenvalue weighted by Gasteiger charge is -2.14. The summed E-state index contributed by atoms with van der Waals surface area (Å²) >= 11 is 0. The Bertz CT molecular complexity index is 606. The van der Waals surface area contributed by atoms with Crippen molar-refractivity contribution in [3.8, 4) is 0 Å². The number of sulfonamides is 1. The van der Waals surface area contributed by atoms with E-state index in [1.54, 1.807) is 19.1 Å². The Morgan fingerprint density at radius 2 is 1.81 bits per heavy atom. The zero-order valence-corrected chi connectivity index (χ0v) is 14.3. The molecule has 0 bridgehead atoms. The number of amides is 1. The number of carbonyl (C=O) groups is 1. The van der Waals surface area contributed by atoms with E-state index in [1.165, 1.54) is 0 Å². The van der Waals surface area contributed by atoms with E-state index in [-0.39, 0.29) is 17.2 Å². The average Bonchev–Trinajstić information content (AvgIpc) is 2.29. The first-order valence-electron chi connectivity index (χ1n) is 7.24. The minimum atomic E-state index is -3.79. The molecule has 5 heteroatoms. The molecule has 0 fully saturated rings. The molecule has 1 aromatic rings. The molecule has 0 saturated carbocycles. The quantitative estimate of drug-likeness (QED) is 0.877. The van der Waals surface area contributed by atoms with Crippen LogP contribution in [0.5, 0.6) is 0 Å². The van der Waals surface area contributed by atoms with Gasteiger partial charge in [-0.1, -0.05) is 32.9 Å². The van der Waals surface area contributed by atoms with Crippen LogP contribution in [0.1, 0.15) is 44.7 Å². The van der Waals surface area contributed by atoms with E-state index in [2.05, 4.69) is 18.6 Å². The highest BCUT2D eigenvalue weighted by molar-refractivity contribution is 7.90. The van der Waals surface area contributed by atoms with Crippen molar-refractivity contribution in [2.75, 3.05) is 0 Å². The topological polar surface area (TPSA) is 63.2 Å². The second-order valence-corrected chi connectivity index (χ2v) is 7.89. The van der Waals surface area contributed by atoms with Crippen LogP contribution in [0.25, 0.3) is 0 Å². The van der Waals surface area contributed by atoms with E-state index in [4.69, 9.17) is 0 Å². The maximum atomic E-state index is 12.3. The lowest BCUT2D eigenvalue weighted by atomic mass is 9.96. The standard InChI is InChI=1S/C16H25NO3S/c1-11(2)8-13(4)10-16(18)17-21(19,20)15-9-12(3)6-7-14(15)5/h6-7,9,11,13H,8,10H2,1-5H3,(H,17,18). The normalized spacial score (nSPS) is 13.2. The first kappa shape index (κ1) is 17.7. The Balaban J connectivity index is 2.81. The lowest BCUT2D eigenvalue weighted by Crippen LogP contribution is -2.32. The maximum absolute atomic E-state index is 12.3. The van der Waals surface area contributed by atoms with E-state index >= 15 is 0 Å². The number of benzene rings is 1. The van der Waals surface area contributed by atoms with Gasteiger partial charge in [0.05, 0.1) is 4.90 Å². The molecular weight excluding hydrogens is 286 g/mol. The summed E-state index contributed by atoms with van der Waals surface area (Å²) in [5.41, 5.74) is 1.48. The molecule has 0 aromatic heterocycles. The highest BCUT2D eigenvalue weighted by atomic mass is 32.2. The Kier molecular flexibility index (Phi) is 5.96. The van der Waals surface area contributed by atoms with Crippen LogP contribution in [0, 0.1) is 25.7 Å². The molecule has 0 saturated heterocycles. The van der Waals surface area contributed by atoms with Gasteiger partial charge in [0.25, 0.3) is 10.0 Å². The SMILES string of the molecule is Cc1ccc(C)c(S(=O)(=O)NC(=O)CC(C)CC(C)C)c1. The molecule has 1 unspecified atom stereocenters. The van der Waals surface area contributed by atoms with Gasteiger partial charge in [0.15, 0.2) is 0 Å². The van der Waals surface area contributed by atoms with E-state index < -0.39 is 15.9 Å². The fraction of sp³-hybridized carbons (Fsp3) is 0.562. The van der Waals surface area contributed by atoms with E-state index in [0.717, 1.165) is 12.0 Å². The van der Waals surface area contributed by atoms with E-state index in [1.807, 2.05) is 19.9 Å². The van der Waals surface area contributed by atoms with Crippen LogP contribution in [0.4, 0.5) is 0 Å². The highest BCUT2D eigenvalue weighted by Gasteiger charge is 2.21. The van der Waals surface area contributed by atoms with Gasteiger partial charge in [0, 0.05) is 6.42 Å². The molecule has 118 valence electrons. The van der Waals surface area contributed by atoms with Crippen molar-refractivity contribution in [3.63, 3.8) is 0 Å². The molecule has 0 heterocycles. The molecule has 4 nitrogen and oxygen atoms in total. The summed E-state index contributed by atoms with van der Waals surface area (Å²) in [7, 11) is -3.79. The van der Waals surface area contributed by atoms with Crippen molar-refractivity contribution in [1.29, 1.82) is 0 Å². The Morgan fingerprint density at radius 3 is 2.38 bits per heavy atom. The third-order valence-electron chi connectivity index (χ3n) is 3.29. The Hall–Kier alpha value is -1.36. The fourth-order valence-electron chi connectivity index (χ4n) is 2.45. The van der Waals surface area contributed by atoms with Gasteiger partial charge < -0.3 is 0 Å². The molecule has 0 aliphatic rings. The molecule has 1 aromatic carbocycles. The molecule has 21 heavy (non-hydrogen) atoms. The van der Waals surface area contributed by atoms with Gasteiger partial charge in [0.2, 0.25) is 5.91 Å². The summed E-state index contributed by atoms with van der Waals surface area (Å²) in [5, 5.41) is 0. The highest BCUT2D eigenvalue weighted by Crippen LogP contribution is 2.18. The summed E-state index contributed by atoms with van der Waals surface area (Å²) in [5.74, 6) is 0.214. The van der Waals surface area contributed by atoms with Crippen molar-refractivity contribution in [2.45, 2.75) is 52.4 Å². The number of hydrogen-bond donors (Lipinski definition) is 1. The van der Waals surface area contributed by atoms with E-state index in [9.17, 15) is 13.2 Å². The van der Waals surface area contributed by atoms with Gasteiger partial charge in [0.1, 0.15) is 0 Å². The zero-order valence-electron chi connectivity index (χ0n) is 13.4. The van der Waals surface area contributed by atoms with Crippen LogP contribution >= 0.6 is 0 Å². The van der Waals surface area contributed by atoms with Crippen LogP contribution < -0.4 is 4.72 Å². The molecule has 0 spiro atoms. The van der Waals surface area contributed by atoms with Crippen LogP contribution in [0.3, 0.4) is 0 Å². The van der Waals surface area contributed by atoms with Crippen molar-refractivity contribution in [1.82, 2.24) is 4.72 Å². The summed E-state index contributed by atoms with van der Waals surface area (Å²) in [6.45, 7) is 9.68. The number of aryl methyl sites for hydroxylation is 2. The van der Waals surface area contributed by atoms with Gasteiger partial charge >= 0.3 is 0 Å². The van der Waals surface area contributed by atoms with Gasteiger partial charge in [-0.05, 0) is 49.3 Å². The molecule has 0 aliphatic heterocycles. The molecule has 1 N–H and O–H groups in total. The summed E-state index contributed by atoms with van der Waals surface area (Å²) in [6.07, 6.45) is 1.12. The minimum Gasteiger partial charge on any atom is -0.274 e. The number of carbonyl (C=O) groups excluding carboxylic acids is 1. The molecule has 1 atom stereocenters. The Labute approximate surface area is 128 Å². The molecular formula is C16H25NO3S. The van der Waals surface area contributed by atoms with Crippen molar-refractivity contribution in [3.05, 3.63) is 29.3 Å². The third kappa shape index (κ3) is 5.50. The minimum absolute atomic E-state index is 0.166. The number of rotatable bonds is 6. The van der Waals surface area contributed by atoms with Crippen molar-refractivity contribution >= 4 is 15.9 Å². The van der Waals surface area contributed by atoms with Crippen molar-refractivity contribution < 1.29 is 13.2 Å². The lowest BCUT2D eigenvalue weighted by molar-refractivity contribution is -0.120. The summed E-state index contributed by atoms with van der Waals surface area (Å²) < 4.78 is 26.8. The smallest absolute Gasteiger partial charge is 0.264 e. The number of nitrogens with one attached hydrogen (secondary N) is 1. The Morgan fingerprint density at radius 1 is 1.19 bits per heavy atom. The average molecular weight is 311 g/mol. The molecule has 1 amide bonds. The molecule has 1 rings (SSSR count). The molecule has 0 radical (unpaired) electrons. The largest absolute Gasteiger partial charge is 0.274 e. The third-order valence-corrected chi connectivity index (χ3v) is 4.80. The predicted octanol–water partition coefficient (Wildman–Crippen LogP) is 3.18. The second-order valence-electron chi connectivity index (χ2n) is 6.24. The van der Waals surface area contributed by atoms with Crippen LogP contribution in [0.2, 0.25) is 0 Å². The van der Waals surface area contributed by atoms with Gasteiger partial charge in [-0.3, -0.25) is 4.79 Å². The second kappa shape index (κ2) is 7.07. The van der Waals surface area contributed by atoms with Crippen LogP contribution in [-0.2, 0) is 14.8 Å².